The lowest BCUT2D eigenvalue weighted by Gasteiger charge is -2.08. The van der Waals surface area contributed by atoms with Gasteiger partial charge in [0.15, 0.2) is 0 Å². The molecule has 20 heavy (non-hydrogen) atoms. The Morgan fingerprint density at radius 1 is 1.15 bits per heavy atom. The lowest BCUT2D eigenvalue weighted by molar-refractivity contribution is 0.102. The molecule has 0 radical (unpaired) electrons. The molecular formula is C14H15ClN4O. The van der Waals surface area contributed by atoms with E-state index in [1.165, 1.54) is 0 Å². The molecule has 2 aromatic rings. The van der Waals surface area contributed by atoms with Crippen molar-refractivity contribution >= 4 is 29.1 Å². The summed E-state index contributed by atoms with van der Waals surface area (Å²) in [5, 5.41) is 5.87. The number of carbonyl (C=O) groups is 1. The normalized spacial score (nSPS) is 10.2. The van der Waals surface area contributed by atoms with E-state index in [9.17, 15) is 4.79 Å². The number of nitrogens with one attached hydrogen (secondary N) is 2. The van der Waals surface area contributed by atoms with Crippen molar-refractivity contribution in [2.24, 2.45) is 0 Å². The summed E-state index contributed by atoms with van der Waals surface area (Å²) in [4.78, 5) is 20.6. The van der Waals surface area contributed by atoms with Crippen LogP contribution >= 0.6 is 11.6 Å². The average Bonchev–Trinajstić information content (AvgIpc) is 2.37. The molecule has 0 aliphatic carbocycles. The minimum atomic E-state index is -0.385. The summed E-state index contributed by atoms with van der Waals surface area (Å²) in [6, 6.07) is 7.06. The molecule has 0 unspecified atom stereocenters. The fraction of sp³-hybridized carbons (Fsp3) is 0.214. The van der Waals surface area contributed by atoms with Crippen LogP contribution in [0.3, 0.4) is 0 Å². The minimum Gasteiger partial charge on any atom is -0.373 e. The van der Waals surface area contributed by atoms with Crippen molar-refractivity contribution in [3.8, 4) is 0 Å². The first-order valence-electron chi connectivity index (χ1n) is 6.10. The van der Waals surface area contributed by atoms with Crippen LogP contribution in [0, 0.1) is 13.8 Å². The van der Waals surface area contributed by atoms with Gasteiger partial charge in [-0.2, -0.15) is 0 Å². The van der Waals surface area contributed by atoms with Crippen LogP contribution in [0.5, 0.6) is 0 Å². The van der Waals surface area contributed by atoms with Gasteiger partial charge in [0.1, 0.15) is 17.3 Å². The highest BCUT2D eigenvalue weighted by atomic mass is 35.5. The number of aromatic nitrogens is 2. The second-order valence-electron chi connectivity index (χ2n) is 4.40. The Balaban J connectivity index is 2.27. The van der Waals surface area contributed by atoms with Crippen molar-refractivity contribution < 1.29 is 4.79 Å². The molecule has 0 aromatic carbocycles. The molecule has 0 spiro atoms. The van der Waals surface area contributed by atoms with E-state index in [-0.39, 0.29) is 11.6 Å². The zero-order valence-electron chi connectivity index (χ0n) is 11.5. The number of hydrogen-bond acceptors (Lipinski definition) is 4. The summed E-state index contributed by atoms with van der Waals surface area (Å²) in [5.41, 5.74) is 2.03. The van der Waals surface area contributed by atoms with Gasteiger partial charge in [0.2, 0.25) is 0 Å². The molecule has 5 nitrogen and oxygen atoms in total. The van der Waals surface area contributed by atoms with Crippen molar-refractivity contribution in [1.82, 2.24) is 9.97 Å². The third-order valence-electron chi connectivity index (χ3n) is 2.66. The van der Waals surface area contributed by atoms with Crippen LogP contribution < -0.4 is 10.6 Å². The molecule has 2 aromatic heterocycles. The van der Waals surface area contributed by atoms with E-state index in [1.807, 2.05) is 19.9 Å². The van der Waals surface area contributed by atoms with Crippen molar-refractivity contribution in [3.05, 3.63) is 46.2 Å². The number of pyridine rings is 2. The first-order chi connectivity index (χ1) is 9.49. The lowest BCUT2D eigenvalue weighted by atomic mass is 10.2. The first kappa shape index (κ1) is 14.3. The van der Waals surface area contributed by atoms with E-state index in [0.717, 1.165) is 11.3 Å². The van der Waals surface area contributed by atoms with Crippen LogP contribution in [-0.2, 0) is 0 Å². The van der Waals surface area contributed by atoms with Gasteiger partial charge in [-0.25, -0.2) is 9.97 Å². The summed E-state index contributed by atoms with van der Waals surface area (Å²) in [6.45, 7) is 3.81. The maximum Gasteiger partial charge on any atom is 0.277 e. The van der Waals surface area contributed by atoms with Crippen molar-refractivity contribution in [1.29, 1.82) is 0 Å². The van der Waals surface area contributed by atoms with E-state index in [1.54, 1.807) is 25.2 Å². The van der Waals surface area contributed by atoms with Crippen LogP contribution in [0.1, 0.15) is 21.7 Å². The highest BCUT2D eigenvalue weighted by Gasteiger charge is 2.14. The molecule has 0 aliphatic rings. The van der Waals surface area contributed by atoms with Gasteiger partial charge < -0.3 is 10.6 Å². The molecule has 0 aliphatic heterocycles. The van der Waals surface area contributed by atoms with Crippen LogP contribution in [0.4, 0.5) is 11.6 Å². The molecule has 2 rings (SSSR count). The van der Waals surface area contributed by atoms with Crippen LogP contribution in [-0.4, -0.2) is 22.9 Å². The highest BCUT2D eigenvalue weighted by molar-refractivity contribution is 6.34. The molecular weight excluding hydrogens is 276 g/mol. The van der Waals surface area contributed by atoms with Gasteiger partial charge in [-0.1, -0.05) is 11.6 Å². The Bertz CT molecular complexity index is 637. The van der Waals surface area contributed by atoms with Gasteiger partial charge in [-0.05, 0) is 43.7 Å². The monoisotopic (exact) mass is 290 g/mol. The van der Waals surface area contributed by atoms with Crippen LogP contribution in [0.2, 0.25) is 5.02 Å². The molecule has 0 atom stereocenters. The quantitative estimate of drug-likeness (QED) is 0.912. The van der Waals surface area contributed by atoms with E-state index in [0.29, 0.717) is 16.7 Å². The predicted molar refractivity (Wildman–Crippen MR) is 80.5 cm³/mol. The number of halogens is 1. The summed E-state index contributed by atoms with van der Waals surface area (Å²) >= 11 is 6.01. The number of hydrogen-bond donors (Lipinski definition) is 2. The van der Waals surface area contributed by atoms with E-state index >= 15 is 0 Å². The van der Waals surface area contributed by atoms with Crippen LogP contribution in [0.15, 0.2) is 24.3 Å². The van der Waals surface area contributed by atoms with Crippen molar-refractivity contribution in [2.75, 3.05) is 17.7 Å². The van der Waals surface area contributed by atoms with E-state index in [4.69, 9.17) is 11.6 Å². The SMILES string of the molecule is CNc1ccc(Cl)c(C(=O)Nc2cc(C)cc(C)n2)n1. The average molecular weight is 291 g/mol. The first-order valence-corrected chi connectivity index (χ1v) is 6.48. The van der Waals surface area contributed by atoms with Gasteiger partial charge >= 0.3 is 0 Å². The molecule has 6 heteroatoms. The Morgan fingerprint density at radius 2 is 1.90 bits per heavy atom. The maximum atomic E-state index is 12.2. The smallest absolute Gasteiger partial charge is 0.277 e. The summed E-state index contributed by atoms with van der Waals surface area (Å²) < 4.78 is 0. The largest absolute Gasteiger partial charge is 0.373 e. The van der Waals surface area contributed by atoms with Crippen molar-refractivity contribution in [3.63, 3.8) is 0 Å². The Kier molecular flexibility index (Phi) is 4.20. The number of carbonyl (C=O) groups excluding carboxylic acids is 1. The zero-order valence-corrected chi connectivity index (χ0v) is 12.2. The van der Waals surface area contributed by atoms with E-state index in [2.05, 4.69) is 20.6 Å². The summed E-state index contributed by atoms with van der Waals surface area (Å²) in [7, 11) is 1.73. The lowest BCUT2D eigenvalue weighted by Crippen LogP contribution is -2.16. The van der Waals surface area contributed by atoms with Gasteiger partial charge in [0.25, 0.3) is 5.91 Å². The Labute approximate surface area is 122 Å². The van der Waals surface area contributed by atoms with Crippen LogP contribution in [0.25, 0.3) is 0 Å². The second kappa shape index (κ2) is 5.88. The fourth-order valence-electron chi connectivity index (χ4n) is 1.82. The van der Waals surface area contributed by atoms with Crippen molar-refractivity contribution in [2.45, 2.75) is 13.8 Å². The number of nitrogens with zero attached hydrogens (tertiary/aromatic N) is 2. The fourth-order valence-corrected chi connectivity index (χ4v) is 2.01. The van der Waals surface area contributed by atoms with Gasteiger partial charge in [0.05, 0.1) is 5.02 Å². The minimum absolute atomic E-state index is 0.166. The zero-order chi connectivity index (χ0) is 14.7. The molecule has 2 heterocycles. The molecule has 0 saturated carbocycles. The Morgan fingerprint density at radius 3 is 2.55 bits per heavy atom. The maximum absolute atomic E-state index is 12.2. The standard InChI is InChI=1S/C14H15ClN4O/c1-8-6-9(2)17-12(7-8)19-14(20)13-10(15)4-5-11(16-3)18-13/h4-7H,1-3H3,(H,16,18)(H,17,19,20). The summed E-state index contributed by atoms with van der Waals surface area (Å²) in [5.74, 6) is 0.678. The number of rotatable bonds is 3. The molecule has 2 N–H and O–H groups in total. The van der Waals surface area contributed by atoms with E-state index < -0.39 is 0 Å². The predicted octanol–water partition coefficient (Wildman–Crippen LogP) is 3.04. The van der Waals surface area contributed by atoms with Gasteiger partial charge in [-0.15, -0.1) is 0 Å². The third-order valence-corrected chi connectivity index (χ3v) is 2.96. The number of aryl methyl sites for hydroxylation is 2. The second-order valence-corrected chi connectivity index (χ2v) is 4.81. The van der Waals surface area contributed by atoms with Gasteiger partial charge in [0, 0.05) is 12.7 Å². The number of anilines is 2. The highest BCUT2D eigenvalue weighted by Crippen LogP contribution is 2.18. The molecule has 1 amide bonds. The van der Waals surface area contributed by atoms with Gasteiger partial charge in [-0.3, -0.25) is 4.79 Å². The summed E-state index contributed by atoms with van der Waals surface area (Å²) in [6.07, 6.45) is 0. The number of amides is 1. The topological polar surface area (TPSA) is 66.9 Å². The molecule has 0 fully saturated rings. The molecule has 0 bridgehead atoms. The Hall–Kier alpha value is -2.14. The molecule has 104 valence electrons. The third kappa shape index (κ3) is 3.24. The molecule has 0 saturated heterocycles.